The first-order valence-electron chi connectivity index (χ1n) is 11.0. The van der Waals surface area contributed by atoms with Crippen LogP contribution in [0.1, 0.15) is 70.7 Å². The quantitative estimate of drug-likeness (QED) is 0.572. The fourth-order valence-electron chi connectivity index (χ4n) is 3.62. The van der Waals surface area contributed by atoms with Crippen LogP contribution < -0.4 is 19.5 Å². The number of nitrogens with one attached hydrogen (secondary N) is 1. The van der Waals surface area contributed by atoms with Crippen molar-refractivity contribution in [3.8, 4) is 17.2 Å². The van der Waals surface area contributed by atoms with E-state index in [0.717, 1.165) is 19.3 Å². The number of esters is 1. The molecule has 0 aliphatic heterocycles. The highest BCUT2D eigenvalue weighted by Gasteiger charge is 2.27. The molecule has 1 amide bonds. The van der Waals surface area contributed by atoms with E-state index in [1.54, 1.807) is 19.1 Å². The summed E-state index contributed by atoms with van der Waals surface area (Å²) in [4.78, 5) is 25.3. The number of amides is 1. The maximum atomic E-state index is 12.7. The Labute approximate surface area is 179 Å². The minimum absolute atomic E-state index is 0.131. The summed E-state index contributed by atoms with van der Waals surface area (Å²) in [7, 11) is 0. The van der Waals surface area contributed by atoms with Crippen molar-refractivity contribution >= 4 is 11.9 Å². The molecule has 2 rings (SSSR count). The summed E-state index contributed by atoms with van der Waals surface area (Å²) >= 11 is 0. The first kappa shape index (κ1) is 23.8. The Bertz CT molecular complexity index is 693. The molecule has 0 aromatic heterocycles. The third-order valence-electron chi connectivity index (χ3n) is 5.24. The topological polar surface area (TPSA) is 83.1 Å². The highest BCUT2D eigenvalue weighted by atomic mass is 16.6. The van der Waals surface area contributed by atoms with E-state index in [1.807, 2.05) is 20.8 Å². The number of hydrogen-bond donors (Lipinski definition) is 1. The molecule has 1 aromatic carbocycles. The van der Waals surface area contributed by atoms with E-state index in [9.17, 15) is 9.59 Å². The predicted molar refractivity (Wildman–Crippen MR) is 114 cm³/mol. The Morgan fingerprint density at radius 1 is 1.00 bits per heavy atom. The summed E-state index contributed by atoms with van der Waals surface area (Å²) in [6.45, 7) is 10.5. The van der Waals surface area contributed by atoms with E-state index in [2.05, 4.69) is 12.2 Å². The van der Waals surface area contributed by atoms with Crippen LogP contribution in [0.2, 0.25) is 0 Å². The molecule has 0 spiro atoms. The smallest absolute Gasteiger partial charge is 0.339 e. The van der Waals surface area contributed by atoms with Gasteiger partial charge in [0.2, 0.25) is 5.75 Å². The molecule has 0 bridgehead atoms. The summed E-state index contributed by atoms with van der Waals surface area (Å²) in [6.07, 6.45) is 3.47. The molecule has 1 aliphatic rings. The van der Waals surface area contributed by atoms with E-state index in [-0.39, 0.29) is 17.5 Å². The van der Waals surface area contributed by atoms with E-state index < -0.39 is 12.1 Å². The Hall–Kier alpha value is -2.44. The van der Waals surface area contributed by atoms with Crippen LogP contribution in [0.4, 0.5) is 0 Å². The van der Waals surface area contributed by atoms with Crippen LogP contribution in [0.5, 0.6) is 17.2 Å². The highest BCUT2D eigenvalue weighted by Crippen LogP contribution is 2.39. The monoisotopic (exact) mass is 421 g/mol. The minimum Gasteiger partial charge on any atom is -0.490 e. The molecule has 1 saturated carbocycles. The van der Waals surface area contributed by atoms with Gasteiger partial charge >= 0.3 is 5.97 Å². The van der Waals surface area contributed by atoms with E-state index in [1.165, 1.54) is 6.42 Å². The van der Waals surface area contributed by atoms with Crippen molar-refractivity contribution in [3.63, 3.8) is 0 Å². The molecule has 3 atom stereocenters. The van der Waals surface area contributed by atoms with Gasteiger partial charge in [0.25, 0.3) is 5.91 Å². The average molecular weight is 422 g/mol. The zero-order valence-corrected chi connectivity index (χ0v) is 18.8. The third-order valence-corrected chi connectivity index (χ3v) is 5.24. The van der Waals surface area contributed by atoms with Crippen molar-refractivity contribution in [2.75, 3.05) is 19.8 Å². The van der Waals surface area contributed by atoms with Crippen LogP contribution in [0.25, 0.3) is 0 Å². The predicted octanol–water partition coefficient (Wildman–Crippen LogP) is 4.12. The van der Waals surface area contributed by atoms with Crippen LogP contribution in [0, 0.1) is 5.92 Å². The van der Waals surface area contributed by atoms with Crippen molar-refractivity contribution in [1.82, 2.24) is 5.32 Å². The lowest BCUT2D eigenvalue weighted by Gasteiger charge is -2.30. The van der Waals surface area contributed by atoms with E-state index in [0.29, 0.717) is 43.0 Å². The van der Waals surface area contributed by atoms with Crippen molar-refractivity contribution in [2.45, 2.75) is 72.4 Å². The second-order valence-electron chi connectivity index (χ2n) is 7.53. The summed E-state index contributed by atoms with van der Waals surface area (Å²) in [6, 6.07) is 3.26. The molecule has 7 nitrogen and oxygen atoms in total. The zero-order valence-electron chi connectivity index (χ0n) is 18.8. The summed E-state index contributed by atoms with van der Waals surface area (Å²) in [5.41, 5.74) is 0.246. The largest absolute Gasteiger partial charge is 0.490 e. The van der Waals surface area contributed by atoms with Crippen LogP contribution in [0.3, 0.4) is 0 Å². The fraction of sp³-hybridized carbons (Fsp3) is 0.652. The third kappa shape index (κ3) is 6.28. The van der Waals surface area contributed by atoms with Gasteiger partial charge in [0.15, 0.2) is 17.6 Å². The SMILES string of the molecule is CCOc1cc(C(=O)O[C@H](C)C(=O)N[C@@H]2CCCC[C@@H]2C)cc(OCC)c1OCC. The van der Waals surface area contributed by atoms with Gasteiger partial charge in [-0.25, -0.2) is 4.79 Å². The Kier molecular flexibility index (Phi) is 9.27. The Morgan fingerprint density at radius 3 is 2.10 bits per heavy atom. The number of benzene rings is 1. The molecule has 1 fully saturated rings. The molecule has 1 aliphatic carbocycles. The maximum Gasteiger partial charge on any atom is 0.339 e. The summed E-state index contributed by atoms with van der Waals surface area (Å²) < 4.78 is 22.4. The first-order chi connectivity index (χ1) is 14.4. The molecular formula is C23H35NO6. The van der Waals surface area contributed by atoms with Gasteiger partial charge in [0.05, 0.1) is 25.4 Å². The lowest BCUT2D eigenvalue weighted by atomic mass is 9.86. The Morgan fingerprint density at radius 2 is 1.57 bits per heavy atom. The van der Waals surface area contributed by atoms with E-state index >= 15 is 0 Å². The molecular weight excluding hydrogens is 386 g/mol. The van der Waals surface area contributed by atoms with Crippen LogP contribution in [-0.4, -0.2) is 43.8 Å². The molecule has 30 heavy (non-hydrogen) atoms. The number of carbonyl (C=O) groups excluding carboxylic acids is 2. The lowest BCUT2D eigenvalue weighted by Crippen LogP contribution is -2.46. The highest BCUT2D eigenvalue weighted by molar-refractivity contribution is 5.93. The molecule has 1 N–H and O–H groups in total. The van der Waals surface area contributed by atoms with Crippen LogP contribution in [-0.2, 0) is 9.53 Å². The number of hydrogen-bond acceptors (Lipinski definition) is 6. The molecule has 7 heteroatoms. The van der Waals surface area contributed by atoms with Gasteiger partial charge in [-0.05, 0) is 58.6 Å². The minimum atomic E-state index is -0.899. The van der Waals surface area contributed by atoms with Gasteiger partial charge in [0, 0.05) is 6.04 Å². The van der Waals surface area contributed by atoms with Gasteiger partial charge in [-0.3, -0.25) is 4.79 Å². The number of carbonyl (C=O) groups is 2. The second-order valence-corrected chi connectivity index (χ2v) is 7.53. The average Bonchev–Trinajstić information content (AvgIpc) is 2.72. The number of ether oxygens (including phenoxy) is 4. The normalized spacial score (nSPS) is 19.5. The van der Waals surface area contributed by atoms with E-state index in [4.69, 9.17) is 18.9 Å². The number of rotatable bonds is 10. The van der Waals surface area contributed by atoms with Gasteiger partial charge in [-0.1, -0.05) is 19.8 Å². The zero-order chi connectivity index (χ0) is 22.1. The lowest BCUT2D eigenvalue weighted by molar-refractivity contribution is -0.130. The summed E-state index contributed by atoms with van der Waals surface area (Å²) in [5.74, 6) is 0.812. The van der Waals surface area contributed by atoms with Crippen LogP contribution in [0.15, 0.2) is 12.1 Å². The molecule has 0 radical (unpaired) electrons. The standard InChI is InChI=1S/C23H35NO6/c1-6-27-19-13-17(14-20(28-7-2)21(19)29-8-3)23(26)30-16(5)22(25)24-18-12-10-9-11-15(18)4/h13-16,18H,6-12H2,1-5H3,(H,24,25)/t15-,16+,18+/m0/s1. The van der Waals surface area contributed by atoms with Crippen molar-refractivity contribution in [2.24, 2.45) is 5.92 Å². The molecule has 0 unspecified atom stereocenters. The van der Waals surface area contributed by atoms with Crippen LogP contribution >= 0.6 is 0 Å². The maximum absolute atomic E-state index is 12.7. The van der Waals surface area contributed by atoms with Gasteiger partial charge in [-0.15, -0.1) is 0 Å². The molecule has 1 aromatic rings. The summed E-state index contributed by atoms with van der Waals surface area (Å²) in [5, 5.41) is 3.03. The van der Waals surface area contributed by atoms with Crippen molar-refractivity contribution in [3.05, 3.63) is 17.7 Å². The Balaban J connectivity index is 2.13. The van der Waals surface area contributed by atoms with Crippen molar-refractivity contribution < 1.29 is 28.5 Å². The molecule has 0 saturated heterocycles. The first-order valence-corrected chi connectivity index (χ1v) is 11.0. The van der Waals surface area contributed by atoms with Gasteiger partial charge in [-0.2, -0.15) is 0 Å². The second kappa shape index (κ2) is 11.7. The van der Waals surface area contributed by atoms with Gasteiger partial charge in [0.1, 0.15) is 0 Å². The molecule has 0 heterocycles. The van der Waals surface area contributed by atoms with Crippen molar-refractivity contribution in [1.29, 1.82) is 0 Å². The fourth-order valence-corrected chi connectivity index (χ4v) is 3.62. The molecule has 168 valence electrons. The van der Waals surface area contributed by atoms with Gasteiger partial charge < -0.3 is 24.3 Å².